The first-order valence-corrected chi connectivity index (χ1v) is 8.36. The van der Waals surface area contributed by atoms with Crippen molar-refractivity contribution < 1.29 is 4.79 Å². The van der Waals surface area contributed by atoms with E-state index in [1.807, 2.05) is 6.07 Å². The Kier molecular flexibility index (Phi) is 5.48. The molecule has 2 rings (SSSR count). The van der Waals surface area contributed by atoms with Crippen LogP contribution in [0.15, 0.2) is 28.6 Å². The van der Waals surface area contributed by atoms with Gasteiger partial charge in [-0.15, -0.1) is 0 Å². The highest BCUT2D eigenvalue weighted by atomic mass is 35.5. The molecule has 1 aliphatic heterocycles. The van der Waals surface area contributed by atoms with E-state index in [0.29, 0.717) is 22.1 Å². The van der Waals surface area contributed by atoms with Crippen LogP contribution in [0.2, 0.25) is 5.02 Å². The number of carbonyl (C=O) groups is 1. The van der Waals surface area contributed by atoms with Gasteiger partial charge in [0.15, 0.2) is 5.82 Å². The van der Waals surface area contributed by atoms with Gasteiger partial charge in [-0.05, 0) is 24.0 Å². The zero-order valence-corrected chi connectivity index (χ0v) is 15.8. The Morgan fingerprint density at radius 2 is 2.20 bits per heavy atom. The molecule has 0 aromatic carbocycles. The van der Waals surface area contributed by atoms with E-state index in [1.54, 1.807) is 31.4 Å². The summed E-state index contributed by atoms with van der Waals surface area (Å²) in [7, 11) is 1.73. The maximum absolute atomic E-state index is 11.7. The van der Waals surface area contributed by atoms with Crippen LogP contribution < -0.4 is 10.3 Å². The SMILES string of the molecule is CC1=C(C#N)C(/C=N/N(C)c2ncc(C(C)(C)C)cc2Cl)CC(=O)N1. The summed E-state index contributed by atoms with van der Waals surface area (Å²) in [5.74, 6) is 0.0421. The number of halogens is 1. The highest BCUT2D eigenvalue weighted by molar-refractivity contribution is 6.33. The van der Waals surface area contributed by atoms with Gasteiger partial charge in [-0.1, -0.05) is 32.4 Å². The van der Waals surface area contributed by atoms with E-state index < -0.39 is 0 Å². The Morgan fingerprint density at radius 1 is 1.52 bits per heavy atom. The van der Waals surface area contributed by atoms with Crippen molar-refractivity contribution in [2.24, 2.45) is 11.0 Å². The van der Waals surface area contributed by atoms with Crippen LogP contribution in [0.25, 0.3) is 0 Å². The predicted octanol–water partition coefficient (Wildman–Crippen LogP) is 3.39. The second-order valence-electron chi connectivity index (χ2n) is 7.08. The summed E-state index contributed by atoms with van der Waals surface area (Å²) >= 11 is 6.35. The van der Waals surface area contributed by atoms with E-state index in [4.69, 9.17) is 11.6 Å². The number of hydrogen-bond acceptors (Lipinski definition) is 5. The van der Waals surface area contributed by atoms with Crippen molar-refractivity contribution in [1.29, 1.82) is 5.26 Å². The lowest BCUT2D eigenvalue weighted by atomic mass is 9.88. The van der Waals surface area contributed by atoms with Gasteiger partial charge in [0, 0.05) is 37.5 Å². The fraction of sp³-hybridized carbons (Fsp3) is 0.444. The molecule has 1 amide bonds. The van der Waals surface area contributed by atoms with E-state index in [2.05, 4.69) is 42.2 Å². The summed E-state index contributed by atoms with van der Waals surface area (Å²) in [4.78, 5) is 16.1. The number of nitrogens with one attached hydrogen (secondary N) is 1. The molecule has 1 unspecified atom stereocenters. The quantitative estimate of drug-likeness (QED) is 0.662. The predicted molar refractivity (Wildman–Crippen MR) is 99.4 cm³/mol. The third-order valence-corrected chi connectivity index (χ3v) is 4.32. The van der Waals surface area contributed by atoms with Gasteiger partial charge in [-0.3, -0.25) is 9.80 Å². The van der Waals surface area contributed by atoms with E-state index >= 15 is 0 Å². The van der Waals surface area contributed by atoms with E-state index in [0.717, 1.165) is 5.56 Å². The average molecular weight is 360 g/mol. The molecule has 0 fully saturated rings. The number of rotatable bonds is 3. The first kappa shape index (κ1) is 18.9. The van der Waals surface area contributed by atoms with Crippen molar-refractivity contribution >= 4 is 29.5 Å². The molecule has 0 radical (unpaired) electrons. The molecule has 2 heterocycles. The standard InChI is InChI=1S/C18H22ClN5O/c1-11-14(8-20)12(6-16(25)23-11)9-22-24(5)17-15(19)7-13(10-21-17)18(2,3)4/h7,9-10,12H,6H2,1-5H3,(H,23,25)/b22-9+. The molecule has 132 valence electrons. The fourth-order valence-electron chi connectivity index (χ4n) is 2.52. The number of hydrogen-bond donors (Lipinski definition) is 1. The molecule has 0 saturated carbocycles. The largest absolute Gasteiger partial charge is 0.329 e. The van der Waals surface area contributed by atoms with Gasteiger partial charge in [0.1, 0.15) is 0 Å². The summed E-state index contributed by atoms with van der Waals surface area (Å²) in [5, 5.41) is 18.3. The van der Waals surface area contributed by atoms with Crippen LogP contribution >= 0.6 is 11.6 Å². The number of allylic oxidation sites excluding steroid dienone is 2. The molecule has 1 aromatic rings. The van der Waals surface area contributed by atoms with Gasteiger partial charge in [-0.2, -0.15) is 10.4 Å². The third-order valence-electron chi connectivity index (χ3n) is 4.04. The van der Waals surface area contributed by atoms with Gasteiger partial charge < -0.3 is 5.32 Å². The topological polar surface area (TPSA) is 81.4 Å². The van der Waals surface area contributed by atoms with Crippen molar-refractivity contribution in [3.05, 3.63) is 34.1 Å². The Morgan fingerprint density at radius 3 is 2.76 bits per heavy atom. The molecular formula is C18H22ClN5O. The highest BCUT2D eigenvalue weighted by Crippen LogP contribution is 2.29. The van der Waals surface area contributed by atoms with E-state index in [9.17, 15) is 10.1 Å². The summed E-state index contributed by atoms with van der Waals surface area (Å²) in [6.07, 6.45) is 3.57. The normalized spacial score (nSPS) is 18.3. The van der Waals surface area contributed by atoms with Crippen LogP contribution in [0.4, 0.5) is 5.82 Å². The Balaban J connectivity index is 2.23. The number of amides is 1. The average Bonchev–Trinajstić information content (AvgIpc) is 2.51. The lowest BCUT2D eigenvalue weighted by Gasteiger charge is -2.22. The summed E-state index contributed by atoms with van der Waals surface area (Å²) in [6, 6.07) is 4.02. The smallest absolute Gasteiger partial charge is 0.225 e. The zero-order chi connectivity index (χ0) is 18.8. The van der Waals surface area contributed by atoms with Crippen LogP contribution in [0.1, 0.15) is 39.7 Å². The lowest BCUT2D eigenvalue weighted by molar-refractivity contribution is -0.121. The maximum Gasteiger partial charge on any atom is 0.225 e. The molecule has 1 aliphatic rings. The number of carbonyl (C=O) groups excluding carboxylic acids is 1. The molecular weight excluding hydrogens is 338 g/mol. The van der Waals surface area contributed by atoms with Crippen molar-refractivity contribution in [2.75, 3.05) is 12.1 Å². The number of aromatic nitrogens is 1. The lowest BCUT2D eigenvalue weighted by Crippen LogP contribution is -2.32. The summed E-state index contributed by atoms with van der Waals surface area (Å²) < 4.78 is 0. The minimum Gasteiger partial charge on any atom is -0.329 e. The second kappa shape index (κ2) is 7.24. The van der Waals surface area contributed by atoms with Crippen LogP contribution in [-0.2, 0) is 10.2 Å². The van der Waals surface area contributed by atoms with Gasteiger partial charge in [0.05, 0.1) is 16.7 Å². The molecule has 0 saturated heterocycles. The minimum atomic E-state index is -0.353. The second-order valence-corrected chi connectivity index (χ2v) is 7.48. The number of nitriles is 1. The molecule has 6 nitrogen and oxygen atoms in total. The van der Waals surface area contributed by atoms with Crippen LogP contribution in [0.5, 0.6) is 0 Å². The number of hydrazone groups is 1. The monoisotopic (exact) mass is 359 g/mol. The zero-order valence-electron chi connectivity index (χ0n) is 15.1. The van der Waals surface area contributed by atoms with Crippen molar-refractivity contribution in [3.8, 4) is 6.07 Å². The maximum atomic E-state index is 11.7. The van der Waals surface area contributed by atoms with Gasteiger partial charge in [-0.25, -0.2) is 4.98 Å². The minimum absolute atomic E-state index is 0.0452. The Labute approximate surface area is 153 Å². The molecule has 0 bridgehead atoms. The molecule has 0 spiro atoms. The molecule has 1 N–H and O–H groups in total. The third kappa shape index (κ3) is 4.37. The van der Waals surface area contributed by atoms with E-state index in [1.165, 1.54) is 0 Å². The molecule has 25 heavy (non-hydrogen) atoms. The fourth-order valence-corrected chi connectivity index (χ4v) is 2.80. The van der Waals surface area contributed by atoms with Crippen LogP contribution in [0.3, 0.4) is 0 Å². The number of nitrogens with zero attached hydrogens (tertiary/aromatic N) is 4. The molecule has 1 aromatic heterocycles. The van der Waals surface area contributed by atoms with Crippen LogP contribution in [-0.4, -0.2) is 24.2 Å². The summed E-state index contributed by atoms with van der Waals surface area (Å²) in [6.45, 7) is 7.99. The van der Waals surface area contributed by atoms with Crippen molar-refractivity contribution in [2.45, 2.75) is 39.5 Å². The Hall–Kier alpha value is -2.39. The van der Waals surface area contributed by atoms with E-state index in [-0.39, 0.29) is 23.7 Å². The van der Waals surface area contributed by atoms with Gasteiger partial charge >= 0.3 is 0 Å². The number of pyridine rings is 1. The van der Waals surface area contributed by atoms with Crippen LogP contribution in [0, 0.1) is 17.2 Å². The van der Waals surface area contributed by atoms with Crippen molar-refractivity contribution in [1.82, 2.24) is 10.3 Å². The Bertz CT molecular complexity index is 786. The van der Waals surface area contributed by atoms with Gasteiger partial charge in [0.25, 0.3) is 0 Å². The molecule has 0 aliphatic carbocycles. The molecule has 7 heteroatoms. The first-order chi connectivity index (χ1) is 11.6. The summed E-state index contributed by atoms with van der Waals surface area (Å²) in [5.41, 5.74) is 2.08. The first-order valence-electron chi connectivity index (χ1n) is 7.98. The van der Waals surface area contributed by atoms with Gasteiger partial charge in [0.2, 0.25) is 5.91 Å². The molecule has 1 atom stereocenters. The van der Waals surface area contributed by atoms with Crippen molar-refractivity contribution in [3.63, 3.8) is 0 Å². The number of anilines is 1. The highest BCUT2D eigenvalue weighted by Gasteiger charge is 2.25.